The Bertz CT molecular complexity index is 1300. The molecule has 3 aromatic rings. The number of nitrogens with one attached hydrogen (secondary N) is 2. The maximum absolute atomic E-state index is 15.0. The molecule has 172 valence electrons. The SMILES string of the molecule is CNC(=O)c1ccc(N2CCN(Cc3cc(F)c4c5c(c(=O)[nH]c4c3)COC5)CC2)c(C)n1. The molecule has 33 heavy (non-hydrogen) atoms. The van der Waals surface area contributed by atoms with Crippen LogP contribution in [-0.4, -0.2) is 54.0 Å². The molecule has 5 rings (SSSR count). The molecular formula is C24H26FN5O3. The van der Waals surface area contributed by atoms with E-state index in [-0.39, 0.29) is 30.5 Å². The van der Waals surface area contributed by atoms with E-state index in [1.165, 1.54) is 0 Å². The van der Waals surface area contributed by atoms with Crippen molar-refractivity contribution in [1.29, 1.82) is 0 Å². The largest absolute Gasteiger partial charge is 0.372 e. The molecule has 0 unspecified atom stereocenters. The van der Waals surface area contributed by atoms with Gasteiger partial charge in [-0.15, -0.1) is 0 Å². The zero-order valence-electron chi connectivity index (χ0n) is 18.7. The van der Waals surface area contributed by atoms with Gasteiger partial charge in [0.05, 0.1) is 30.1 Å². The molecule has 0 atom stereocenters. The Morgan fingerprint density at radius 1 is 1.18 bits per heavy atom. The van der Waals surface area contributed by atoms with Crippen molar-refractivity contribution in [3.05, 3.63) is 68.5 Å². The third-order valence-corrected chi connectivity index (χ3v) is 6.47. The van der Waals surface area contributed by atoms with E-state index in [9.17, 15) is 14.0 Å². The van der Waals surface area contributed by atoms with E-state index in [2.05, 4.69) is 25.1 Å². The summed E-state index contributed by atoms with van der Waals surface area (Å²) in [6.07, 6.45) is 0. The van der Waals surface area contributed by atoms with Crippen LogP contribution in [0.15, 0.2) is 29.1 Å². The molecule has 1 aromatic carbocycles. The van der Waals surface area contributed by atoms with Crippen molar-refractivity contribution in [1.82, 2.24) is 20.2 Å². The van der Waals surface area contributed by atoms with E-state index in [1.54, 1.807) is 19.2 Å². The molecule has 0 radical (unpaired) electrons. The van der Waals surface area contributed by atoms with Gasteiger partial charge in [0.2, 0.25) is 0 Å². The van der Waals surface area contributed by atoms with E-state index >= 15 is 0 Å². The first-order valence-electron chi connectivity index (χ1n) is 11.1. The van der Waals surface area contributed by atoms with Crippen molar-refractivity contribution in [2.45, 2.75) is 26.7 Å². The van der Waals surface area contributed by atoms with Gasteiger partial charge in [-0.3, -0.25) is 14.5 Å². The smallest absolute Gasteiger partial charge is 0.269 e. The topological polar surface area (TPSA) is 90.6 Å². The minimum absolute atomic E-state index is 0.198. The molecule has 2 aliphatic rings. The number of aromatic amines is 1. The fourth-order valence-electron chi connectivity index (χ4n) is 4.76. The fourth-order valence-corrected chi connectivity index (χ4v) is 4.76. The number of aryl methyl sites for hydroxylation is 1. The molecule has 2 aliphatic heterocycles. The Hall–Kier alpha value is -3.30. The number of hydrogen-bond donors (Lipinski definition) is 2. The number of rotatable bonds is 4. The molecule has 0 aliphatic carbocycles. The quantitative estimate of drug-likeness (QED) is 0.631. The van der Waals surface area contributed by atoms with Gasteiger partial charge in [-0.25, -0.2) is 9.37 Å². The van der Waals surface area contributed by atoms with Crippen LogP contribution >= 0.6 is 0 Å². The lowest BCUT2D eigenvalue weighted by Gasteiger charge is -2.36. The predicted octanol–water partition coefficient (Wildman–Crippen LogP) is 2.08. The molecule has 2 aromatic heterocycles. The zero-order valence-corrected chi connectivity index (χ0v) is 18.7. The first kappa shape index (κ1) is 21.5. The molecule has 4 heterocycles. The van der Waals surface area contributed by atoms with Crippen molar-refractivity contribution >= 4 is 22.5 Å². The molecule has 0 bridgehead atoms. The number of benzene rings is 1. The van der Waals surface area contributed by atoms with E-state index in [0.29, 0.717) is 34.3 Å². The Morgan fingerprint density at radius 3 is 2.67 bits per heavy atom. The number of carbonyl (C=O) groups excluding carboxylic acids is 1. The molecule has 0 saturated carbocycles. The van der Waals surface area contributed by atoms with Crippen LogP contribution in [0.5, 0.6) is 0 Å². The van der Waals surface area contributed by atoms with Gasteiger partial charge in [0.15, 0.2) is 0 Å². The standard InChI is InChI=1S/C24H26FN5O3/c1-14-21(4-3-19(27-14)24(32)26-2)30-7-5-29(6-8-30)11-15-9-18(25)22-16-12-33-13-17(16)23(31)28-20(22)10-15/h3-4,9-10H,5-8,11-13H2,1-2H3,(H,26,32)(H,28,31). The normalized spacial score (nSPS) is 16.3. The maximum atomic E-state index is 15.0. The van der Waals surface area contributed by atoms with Gasteiger partial charge in [-0.05, 0) is 36.8 Å². The highest BCUT2D eigenvalue weighted by atomic mass is 19.1. The van der Waals surface area contributed by atoms with Gasteiger partial charge in [-0.2, -0.15) is 0 Å². The highest BCUT2D eigenvalue weighted by Crippen LogP contribution is 2.28. The van der Waals surface area contributed by atoms with Gasteiger partial charge >= 0.3 is 0 Å². The summed E-state index contributed by atoms with van der Waals surface area (Å²) in [5.74, 6) is -0.520. The number of fused-ring (bicyclic) bond motifs is 3. The number of pyridine rings is 2. The first-order chi connectivity index (χ1) is 15.9. The van der Waals surface area contributed by atoms with Crippen LogP contribution in [0.4, 0.5) is 10.1 Å². The second kappa shape index (κ2) is 8.57. The average Bonchev–Trinajstić information content (AvgIpc) is 3.29. The Balaban J connectivity index is 1.29. The van der Waals surface area contributed by atoms with Gasteiger partial charge in [-0.1, -0.05) is 0 Å². The Morgan fingerprint density at radius 2 is 1.94 bits per heavy atom. The monoisotopic (exact) mass is 451 g/mol. The molecule has 1 amide bonds. The van der Waals surface area contributed by atoms with Crippen molar-refractivity contribution in [3.8, 4) is 0 Å². The van der Waals surface area contributed by atoms with Crippen molar-refractivity contribution in [2.24, 2.45) is 0 Å². The molecule has 2 N–H and O–H groups in total. The summed E-state index contributed by atoms with van der Waals surface area (Å²) < 4.78 is 20.4. The van der Waals surface area contributed by atoms with Crippen LogP contribution in [0.25, 0.3) is 10.9 Å². The van der Waals surface area contributed by atoms with E-state index in [0.717, 1.165) is 43.1 Å². The molecule has 1 saturated heterocycles. The number of H-pyrrole nitrogens is 1. The lowest BCUT2D eigenvalue weighted by Crippen LogP contribution is -2.46. The number of carbonyl (C=O) groups is 1. The number of hydrogen-bond acceptors (Lipinski definition) is 6. The summed E-state index contributed by atoms with van der Waals surface area (Å²) >= 11 is 0. The molecule has 0 spiro atoms. The van der Waals surface area contributed by atoms with Crippen molar-refractivity contribution < 1.29 is 13.9 Å². The van der Waals surface area contributed by atoms with Gasteiger partial charge in [0.1, 0.15) is 11.5 Å². The van der Waals surface area contributed by atoms with E-state index < -0.39 is 0 Å². The Kier molecular flexibility index (Phi) is 5.59. The second-order valence-electron chi connectivity index (χ2n) is 8.55. The van der Waals surface area contributed by atoms with Crippen molar-refractivity contribution in [3.63, 3.8) is 0 Å². The van der Waals surface area contributed by atoms with Crippen molar-refractivity contribution in [2.75, 3.05) is 38.1 Å². The summed E-state index contributed by atoms with van der Waals surface area (Å²) in [5, 5.41) is 3.05. The van der Waals surface area contributed by atoms with Crippen LogP contribution in [0, 0.1) is 12.7 Å². The van der Waals surface area contributed by atoms with Crippen LogP contribution < -0.4 is 15.8 Å². The van der Waals surface area contributed by atoms with E-state index in [1.807, 2.05) is 19.1 Å². The summed E-state index contributed by atoms with van der Waals surface area (Å²) in [6.45, 7) is 6.24. The highest BCUT2D eigenvalue weighted by molar-refractivity contribution is 5.92. The third kappa shape index (κ3) is 3.98. The lowest BCUT2D eigenvalue weighted by atomic mass is 10.0. The Labute approximate surface area is 190 Å². The number of piperazine rings is 1. The minimum atomic E-state index is -0.322. The minimum Gasteiger partial charge on any atom is -0.372 e. The van der Waals surface area contributed by atoms with Gasteiger partial charge in [0, 0.05) is 56.3 Å². The first-order valence-corrected chi connectivity index (χ1v) is 11.1. The predicted molar refractivity (Wildman–Crippen MR) is 123 cm³/mol. The lowest BCUT2D eigenvalue weighted by molar-refractivity contribution is 0.0958. The van der Waals surface area contributed by atoms with E-state index in [4.69, 9.17) is 4.74 Å². The summed E-state index contributed by atoms with van der Waals surface area (Å²) in [4.78, 5) is 35.9. The van der Waals surface area contributed by atoms with Gasteiger partial charge < -0.3 is 19.9 Å². The summed E-state index contributed by atoms with van der Waals surface area (Å²) in [5.41, 5.74) is 4.59. The maximum Gasteiger partial charge on any atom is 0.269 e. The number of aromatic nitrogens is 2. The number of nitrogens with zero attached hydrogens (tertiary/aromatic N) is 3. The fraction of sp³-hybridized carbons (Fsp3) is 0.375. The van der Waals surface area contributed by atoms with Crippen LogP contribution in [0.2, 0.25) is 0 Å². The second-order valence-corrected chi connectivity index (χ2v) is 8.55. The number of ether oxygens (including phenoxy) is 1. The number of amides is 1. The molecule has 8 nitrogen and oxygen atoms in total. The zero-order chi connectivity index (χ0) is 23.1. The number of anilines is 1. The summed E-state index contributed by atoms with van der Waals surface area (Å²) in [6, 6.07) is 7.13. The summed E-state index contributed by atoms with van der Waals surface area (Å²) in [7, 11) is 1.59. The molecule has 9 heteroatoms. The van der Waals surface area contributed by atoms with Crippen LogP contribution in [0.3, 0.4) is 0 Å². The number of halogens is 1. The molecule has 1 fully saturated rings. The highest BCUT2D eigenvalue weighted by Gasteiger charge is 2.23. The average molecular weight is 452 g/mol. The molecular weight excluding hydrogens is 425 g/mol. The van der Waals surface area contributed by atoms with Crippen LogP contribution in [0.1, 0.15) is 32.9 Å². The third-order valence-electron chi connectivity index (χ3n) is 6.47. The van der Waals surface area contributed by atoms with Crippen LogP contribution in [-0.2, 0) is 24.5 Å². The van der Waals surface area contributed by atoms with Gasteiger partial charge in [0.25, 0.3) is 11.5 Å².